The number of nitrogens with zero attached hydrogens (tertiary/aromatic N) is 1. The van der Waals surface area contributed by atoms with E-state index in [1.54, 1.807) is 0 Å². The lowest BCUT2D eigenvalue weighted by Crippen LogP contribution is -2.28. The van der Waals surface area contributed by atoms with E-state index in [0.29, 0.717) is 26.0 Å². The van der Waals surface area contributed by atoms with Crippen molar-refractivity contribution in [1.29, 1.82) is 0 Å². The molecule has 0 spiro atoms. The van der Waals surface area contributed by atoms with Crippen molar-refractivity contribution in [1.82, 2.24) is 4.90 Å². The fourth-order valence-corrected chi connectivity index (χ4v) is 6.18. The van der Waals surface area contributed by atoms with Crippen LogP contribution in [0.5, 0.6) is 0 Å². The van der Waals surface area contributed by atoms with Gasteiger partial charge in [0.1, 0.15) is 6.10 Å². The minimum absolute atomic E-state index is 0.0578. The molecule has 0 aromatic rings. The molecule has 0 bridgehead atoms. The molecule has 0 N–H and O–H groups in total. The molecule has 1 atom stereocenters. The van der Waals surface area contributed by atoms with Crippen molar-refractivity contribution in [3.8, 4) is 0 Å². The lowest BCUT2D eigenvalue weighted by atomic mass is 10.0. The lowest BCUT2D eigenvalue weighted by Gasteiger charge is -2.22. The number of carbonyl (C=O) groups is 2. The molecule has 0 aromatic heterocycles. The summed E-state index contributed by atoms with van der Waals surface area (Å²) in [6.45, 7) is 9.24. The van der Waals surface area contributed by atoms with Gasteiger partial charge in [-0.15, -0.1) is 0 Å². The maximum absolute atomic E-state index is 12.8. The number of hydrogen-bond acceptors (Lipinski definition) is 5. The highest BCUT2D eigenvalue weighted by Crippen LogP contribution is 2.22. The highest BCUT2D eigenvalue weighted by atomic mass is 19.4. The molecule has 0 saturated carbocycles. The van der Waals surface area contributed by atoms with Crippen molar-refractivity contribution in [2.24, 2.45) is 0 Å². The Balaban J connectivity index is 4.22. The number of halogens is 3. The first kappa shape index (κ1) is 46.7. The van der Waals surface area contributed by atoms with Crippen LogP contribution in [0.1, 0.15) is 207 Å². The minimum Gasteiger partial charge on any atom is -0.466 e. The van der Waals surface area contributed by atoms with E-state index in [4.69, 9.17) is 9.47 Å². The summed E-state index contributed by atoms with van der Waals surface area (Å²) in [6, 6.07) is 0. The summed E-state index contributed by atoms with van der Waals surface area (Å²) in [5.41, 5.74) is 0. The monoisotopic (exact) mass is 692 g/mol. The van der Waals surface area contributed by atoms with Crippen LogP contribution in [0.3, 0.4) is 0 Å². The van der Waals surface area contributed by atoms with Crippen LogP contribution in [-0.4, -0.2) is 55.4 Å². The zero-order valence-corrected chi connectivity index (χ0v) is 31.6. The van der Waals surface area contributed by atoms with Crippen LogP contribution in [0.15, 0.2) is 0 Å². The van der Waals surface area contributed by atoms with Gasteiger partial charge in [-0.25, -0.2) is 0 Å². The average molecular weight is 692 g/mol. The van der Waals surface area contributed by atoms with Crippen molar-refractivity contribution in [3.05, 3.63) is 0 Å². The van der Waals surface area contributed by atoms with Gasteiger partial charge in [-0.3, -0.25) is 9.59 Å². The summed E-state index contributed by atoms with van der Waals surface area (Å²) in [5.74, 6) is -0.162. The molecule has 0 aromatic carbocycles. The van der Waals surface area contributed by atoms with Crippen LogP contribution >= 0.6 is 0 Å². The minimum atomic E-state index is -4.10. The van der Waals surface area contributed by atoms with Crippen LogP contribution in [0, 0.1) is 0 Å². The van der Waals surface area contributed by atoms with Gasteiger partial charge in [-0.2, -0.15) is 13.2 Å². The van der Waals surface area contributed by atoms with Crippen LogP contribution in [-0.2, 0) is 19.1 Å². The second-order valence-corrected chi connectivity index (χ2v) is 14.0. The third-order valence-corrected chi connectivity index (χ3v) is 9.21. The van der Waals surface area contributed by atoms with Gasteiger partial charge >= 0.3 is 18.1 Å². The van der Waals surface area contributed by atoms with Gasteiger partial charge in [0.15, 0.2) is 0 Å². The lowest BCUT2D eigenvalue weighted by molar-refractivity contribution is -0.150. The summed E-state index contributed by atoms with van der Waals surface area (Å²) in [5, 5.41) is 0. The average Bonchev–Trinajstić information content (AvgIpc) is 3.04. The molecule has 286 valence electrons. The molecule has 1 unspecified atom stereocenters. The van der Waals surface area contributed by atoms with Gasteiger partial charge in [-0.1, -0.05) is 124 Å². The van der Waals surface area contributed by atoms with E-state index < -0.39 is 12.6 Å². The number of carbonyl (C=O) groups excluding carboxylic acids is 2. The third-order valence-electron chi connectivity index (χ3n) is 9.21. The number of rotatable bonds is 36. The normalized spacial score (nSPS) is 12.5. The molecule has 0 rings (SSSR count). The standard InChI is InChI=1S/C40H76F3NO4/c1-4-7-10-15-21-29-37(28-20-11-8-5-2)48-39(46)31-23-17-14-19-25-34-44(35-27-32-40(41,42)43)33-24-18-13-16-22-30-38(45)47-36-26-12-9-6-3/h37H,4-36H2,1-3H3. The van der Waals surface area contributed by atoms with E-state index in [2.05, 4.69) is 25.7 Å². The number of alkyl halides is 3. The molecule has 0 aliphatic rings. The van der Waals surface area contributed by atoms with E-state index in [1.165, 1.54) is 57.8 Å². The second kappa shape index (κ2) is 34.2. The number of esters is 2. The highest BCUT2D eigenvalue weighted by molar-refractivity contribution is 5.69. The predicted molar refractivity (Wildman–Crippen MR) is 194 cm³/mol. The van der Waals surface area contributed by atoms with Crippen LogP contribution in [0.4, 0.5) is 13.2 Å². The first-order valence-corrected chi connectivity index (χ1v) is 20.4. The Kier molecular flexibility index (Phi) is 33.2. The molecule has 5 nitrogen and oxygen atoms in total. The van der Waals surface area contributed by atoms with Crippen molar-refractivity contribution in [3.63, 3.8) is 0 Å². The van der Waals surface area contributed by atoms with Crippen LogP contribution < -0.4 is 0 Å². The van der Waals surface area contributed by atoms with Gasteiger partial charge in [0.05, 0.1) is 6.61 Å². The van der Waals surface area contributed by atoms with E-state index in [-0.39, 0.29) is 24.5 Å². The summed E-state index contributed by atoms with van der Waals surface area (Å²) in [6.07, 6.45) is 23.2. The third kappa shape index (κ3) is 34.5. The Morgan fingerprint density at radius 1 is 0.521 bits per heavy atom. The molecular formula is C40H76F3NO4. The van der Waals surface area contributed by atoms with Crippen molar-refractivity contribution < 1.29 is 32.2 Å². The zero-order chi connectivity index (χ0) is 35.6. The SMILES string of the molecule is CCCCCCCC(CCCCCC)OC(=O)CCCCCCCN(CCCCCCCC(=O)OCCCCCC)CCCC(F)(F)F. The van der Waals surface area contributed by atoms with Gasteiger partial charge in [0, 0.05) is 19.3 Å². The van der Waals surface area contributed by atoms with Gasteiger partial charge in [0.2, 0.25) is 0 Å². The zero-order valence-electron chi connectivity index (χ0n) is 31.6. The first-order valence-electron chi connectivity index (χ1n) is 20.4. The molecule has 0 radical (unpaired) electrons. The first-order chi connectivity index (χ1) is 23.2. The van der Waals surface area contributed by atoms with Gasteiger partial charge in [-0.05, 0) is 83.8 Å². The molecule has 0 saturated heterocycles. The molecule has 48 heavy (non-hydrogen) atoms. The fourth-order valence-electron chi connectivity index (χ4n) is 6.18. The maximum Gasteiger partial charge on any atom is 0.389 e. The number of hydrogen-bond donors (Lipinski definition) is 0. The predicted octanol–water partition coefficient (Wildman–Crippen LogP) is 12.7. The quantitative estimate of drug-likeness (QED) is 0.0483. The van der Waals surface area contributed by atoms with E-state index in [1.807, 2.05) is 0 Å². The van der Waals surface area contributed by atoms with Crippen molar-refractivity contribution in [2.75, 3.05) is 26.2 Å². The Hall–Kier alpha value is -1.31. The Labute approximate surface area is 294 Å². The Morgan fingerprint density at radius 3 is 1.48 bits per heavy atom. The summed E-state index contributed by atoms with van der Waals surface area (Å²) in [7, 11) is 0. The topological polar surface area (TPSA) is 55.8 Å². The molecule has 0 aliphatic carbocycles. The summed E-state index contributed by atoms with van der Waals surface area (Å²) in [4.78, 5) is 26.6. The van der Waals surface area contributed by atoms with Crippen LogP contribution in [0.2, 0.25) is 0 Å². The van der Waals surface area contributed by atoms with Gasteiger partial charge < -0.3 is 14.4 Å². The summed E-state index contributed by atoms with van der Waals surface area (Å²) >= 11 is 0. The molecule has 0 fully saturated rings. The van der Waals surface area contributed by atoms with Crippen molar-refractivity contribution >= 4 is 11.9 Å². The Bertz CT molecular complexity index is 719. The van der Waals surface area contributed by atoms with E-state index >= 15 is 0 Å². The van der Waals surface area contributed by atoms with E-state index in [0.717, 1.165) is 116 Å². The molecule has 0 heterocycles. The molecule has 0 aliphatic heterocycles. The van der Waals surface area contributed by atoms with E-state index in [9.17, 15) is 22.8 Å². The smallest absolute Gasteiger partial charge is 0.389 e. The van der Waals surface area contributed by atoms with Crippen molar-refractivity contribution in [2.45, 2.75) is 219 Å². The fraction of sp³-hybridized carbons (Fsp3) is 0.950. The van der Waals surface area contributed by atoms with Gasteiger partial charge in [0.25, 0.3) is 0 Å². The maximum atomic E-state index is 12.8. The molecule has 8 heteroatoms. The molecular weight excluding hydrogens is 615 g/mol. The highest BCUT2D eigenvalue weighted by Gasteiger charge is 2.26. The van der Waals surface area contributed by atoms with Crippen LogP contribution in [0.25, 0.3) is 0 Å². The molecule has 0 amide bonds. The number of ether oxygens (including phenoxy) is 2. The number of unbranched alkanes of at least 4 members (excludes halogenated alkanes) is 18. The second-order valence-electron chi connectivity index (χ2n) is 14.0. The largest absolute Gasteiger partial charge is 0.466 e. The summed E-state index contributed by atoms with van der Waals surface area (Å²) < 4.78 is 49.5. The Morgan fingerprint density at radius 2 is 0.938 bits per heavy atom.